The summed E-state index contributed by atoms with van der Waals surface area (Å²) in [5, 5.41) is 0. The van der Waals surface area contributed by atoms with Gasteiger partial charge in [-0.1, -0.05) is 13.2 Å². The monoisotopic (exact) mass is 80.1 g/mol. The van der Waals surface area contributed by atoms with Gasteiger partial charge >= 0.3 is 0 Å². The van der Waals surface area contributed by atoms with Crippen molar-refractivity contribution < 1.29 is 0 Å². The summed E-state index contributed by atoms with van der Waals surface area (Å²) in [5.41, 5.74) is 0.569. The lowest BCUT2D eigenvalue weighted by molar-refractivity contribution is 0.652. The fourth-order valence-electron chi connectivity index (χ4n) is 0.418. The summed E-state index contributed by atoms with van der Waals surface area (Å²) in [5.74, 6) is 0. The number of hydrogen-bond donors (Lipinski definition) is 0. The van der Waals surface area contributed by atoms with E-state index in [1.807, 2.05) is 0 Å². The van der Waals surface area contributed by atoms with Crippen LogP contribution in [0.2, 0.25) is 6.32 Å². The summed E-state index contributed by atoms with van der Waals surface area (Å²) in [7, 11) is 5.37. The van der Waals surface area contributed by atoms with Gasteiger partial charge in [-0.2, -0.15) is 0 Å². The van der Waals surface area contributed by atoms with Crippen molar-refractivity contribution in [1.82, 2.24) is 0 Å². The van der Waals surface area contributed by atoms with Gasteiger partial charge in [-0.05, 0) is 18.3 Å². The van der Waals surface area contributed by atoms with E-state index in [1.165, 1.54) is 12.8 Å². The minimum Gasteiger partial charge on any atom is -0.0834 e. The number of hydrogen-bond acceptors (Lipinski definition) is 0. The lowest BCUT2D eigenvalue weighted by Gasteiger charge is -1.97. The highest BCUT2D eigenvalue weighted by Gasteiger charge is 2.33. The average Bonchev–Trinajstić information content (AvgIpc) is 2.22. The Balaban J connectivity index is 2.28. The molecule has 1 saturated carbocycles. The van der Waals surface area contributed by atoms with E-state index >= 15 is 0 Å². The molecule has 1 heteroatoms. The van der Waals surface area contributed by atoms with Crippen LogP contribution in [0.5, 0.6) is 0 Å². The van der Waals surface area contributed by atoms with Crippen LogP contribution in [0.15, 0.2) is 0 Å². The molecular weight excluding hydrogens is 70.9 g/mol. The second-order valence-corrected chi connectivity index (χ2v) is 2.51. The van der Waals surface area contributed by atoms with E-state index in [4.69, 9.17) is 7.85 Å². The zero-order valence-electron chi connectivity index (χ0n) is 4.20. The van der Waals surface area contributed by atoms with E-state index in [2.05, 4.69) is 6.92 Å². The molecule has 0 aromatic heterocycles. The zero-order chi connectivity index (χ0) is 4.62. The van der Waals surface area contributed by atoms with Crippen molar-refractivity contribution in [3.63, 3.8) is 0 Å². The first-order chi connectivity index (χ1) is 2.77. The smallest absolute Gasteiger partial charge is 0.0660 e. The van der Waals surface area contributed by atoms with E-state index in [-0.39, 0.29) is 0 Å². The van der Waals surface area contributed by atoms with Gasteiger partial charge in [0.1, 0.15) is 0 Å². The number of rotatable bonds is 1. The Morgan fingerprint density at radius 1 is 1.67 bits per heavy atom. The Bertz CT molecular complexity index is 55.0. The lowest BCUT2D eigenvalue weighted by Crippen LogP contribution is -1.87. The molecule has 32 valence electrons. The highest BCUT2D eigenvalue weighted by atomic mass is 14.4. The maximum Gasteiger partial charge on any atom is 0.0660 e. The molecule has 0 spiro atoms. The molecule has 1 rings (SSSR count). The molecule has 0 N–H and O–H groups in total. The summed E-state index contributed by atoms with van der Waals surface area (Å²) in [6, 6.07) is 0. The van der Waals surface area contributed by atoms with Gasteiger partial charge in [0.15, 0.2) is 0 Å². The van der Waals surface area contributed by atoms with Gasteiger partial charge in [0, 0.05) is 0 Å². The highest BCUT2D eigenvalue weighted by Crippen LogP contribution is 2.47. The third-order valence-electron chi connectivity index (χ3n) is 1.60. The van der Waals surface area contributed by atoms with Gasteiger partial charge < -0.3 is 0 Å². The molecule has 0 aromatic carbocycles. The van der Waals surface area contributed by atoms with Crippen molar-refractivity contribution in [1.29, 1.82) is 0 Å². The van der Waals surface area contributed by atoms with E-state index in [0.29, 0.717) is 5.41 Å². The average molecular weight is 79.9 g/mol. The Morgan fingerprint density at radius 3 is 2.17 bits per heavy atom. The summed E-state index contributed by atoms with van der Waals surface area (Å²) in [4.78, 5) is 0. The lowest BCUT2D eigenvalue weighted by atomic mass is 9.90. The van der Waals surface area contributed by atoms with Crippen molar-refractivity contribution >= 4 is 7.85 Å². The van der Waals surface area contributed by atoms with Crippen LogP contribution < -0.4 is 0 Å². The Hall–Kier alpha value is 0.0649. The molecule has 1 aliphatic rings. The molecule has 0 atom stereocenters. The van der Waals surface area contributed by atoms with Crippen molar-refractivity contribution in [3.8, 4) is 0 Å². The molecule has 0 aromatic rings. The second kappa shape index (κ2) is 1.02. The highest BCUT2D eigenvalue weighted by molar-refractivity contribution is 6.09. The predicted octanol–water partition coefficient (Wildman–Crippen LogP) is 1.37. The summed E-state index contributed by atoms with van der Waals surface area (Å²) >= 11 is 0. The third-order valence-corrected chi connectivity index (χ3v) is 1.60. The Morgan fingerprint density at radius 2 is 2.17 bits per heavy atom. The van der Waals surface area contributed by atoms with E-state index in [1.54, 1.807) is 0 Å². The van der Waals surface area contributed by atoms with Crippen molar-refractivity contribution in [2.45, 2.75) is 26.1 Å². The normalized spacial score (nSPS) is 26.8. The molecule has 0 unspecified atom stereocenters. The standard InChI is InChI=1S/C5H9B/c1-5(4-6)2-3-5/h2-4H2,1H3. The molecule has 6 heavy (non-hydrogen) atoms. The molecular formula is C5H9B. The molecule has 0 aliphatic heterocycles. The van der Waals surface area contributed by atoms with Crippen molar-refractivity contribution in [2.24, 2.45) is 5.41 Å². The third kappa shape index (κ3) is 0.587. The van der Waals surface area contributed by atoms with Crippen LogP contribution in [0.3, 0.4) is 0 Å². The Kier molecular flexibility index (Phi) is 0.718. The van der Waals surface area contributed by atoms with Crippen LogP contribution in [0, 0.1) is 5.41 Å². The van der Waals surface area contributed by atoms with Crippen LogP contribution in [0.4, 0.5) is 0 Å². The van der Waals surface area contributed by atoms with Gasteiger partial charge in [0.2, 0.25) is 0 Å². The molecule has 0 amide bonds. The second-order valence-electron chi connectivity index (χ2n) is 2.51. The summed E-state index contributed by atoms with van der Waals surface area (Å²) < 4.78 is 0. The first-order valence-electron chi connectivity index (χ1n) is 2.47. The molecule has 1 aliphatic carbocycles. The quantitative estimate of drug-likeness (QED) is 0.417. The van der Waals surface area contributed by atoms with Gasteiger partial charge in [-0.15, -0.1) is 0 Å². The van der Waals surface area contributed by atoms with Gasteiger partial charge in [0.05, 0.1) is 7.85 Å². The minimum atomic E-state index is 0.569. The summed E-state index contributed by atoms with van der Waals surface area (Å²) in [6.07, 6.45) is 3.58. The first-order valence-corrected chi connectivity index (χ1v) is 2.47. The molecule has 0 bridgehead atoms. The van der Waals surface area contributed by atoms with Crippen LogP contribution in [-0.4, -0.2) is 7.85 Å². The molecule has 1 fully saturated rings. The van der Waals surface area contributed by atoms with E-state index in [0.717, 1.165) is 6.32 Å². The SMILES string of the molecule is [B]CC1(C)CC1. The maximum atomic E-state index is 5.37. The van der Waals surface area contributed by atoms with Crippen LogP contribution >= 0.6 is 0 Å². The van der Waals surface area contributed by atoms with Crippen molar-refractivity contribution in [2.75, 3.05) is 0 Å². The first kappa shape index (κ1) is 4.23. The van der Waals surface area contributed by atoms with E-state index in [9.17, 15) is 0 Å². The van der Waals surface area contributed by atoms with Crippen LogP contribution in [0.1, 0.15) is 19.8 Å². The fourth-order valence-corrected chi connectivity index (χ4v) is 0.418. The summed E-state index contributed by atoms with van der Waals surface area (Å²) in [6.45, 7) is 2.23. The zero-order valence-corrected chi connectivity index (χ0v) is 4.20. The van der Waals surface area contributed by atoms with Gasteiger partial charge in [-0.3, -0.25) is 0 Å². The molecule has 0 nitrogen and oxygen atoms in total. The van der Waals surface area contributed by atoms with Gasteiger partial charge in [0.25, 0.3) is 0 Å². The molecule has 0 heterocycles. The van der Waals surface area contributed by atoms with Crippen molar-refractivity contribution in [3.05, 3.63) is 0 Å². The topological polar surface area (TPSA) is 0 Å². The predicted molar refractivity (Wildman–Crippen MR) is 27.9 cm³/mol. The largest absolute Gasteiger partial charge is 0.0834 e. The fraction of sp³-hybridized carbons (Fsp3) is 1.00. The molecule has 2 radical (unpaired) electrons. The van der Waals surface area contributed by atoms with Crippen LogP contribution in [0.25, 0.3) is 0 Å². The molecule has 0 saturated heterocycles. The van der Waals surface area contributed by atoms with Gasteiger partial charge in [-0.25, -0.2) is 0 Å². The minimum absolute atomic E-state index is 0.569. The Labute approximate surface area is 40.3 Å². The van der Waals surface area contributed by atoms with Crippen LogP contribution in [-0.2, 0) is 0 Å². The van der Waals surface area contributed by atoms with E-state index < -0.39 is 0 Å². The maximum absolute atomic E-state index is 5.37.